The van der Waals surface area contributed by atoms with E-state index in [1.54, 1.807) is 35.4 Å². The second-order valence-corrected chi connectivity index (χ2v) is 6.24. The van der Waals surface area contributed by atoms with E-state index in [1.165, 1.54) is 6.07 Å². The molecule has 2 heterocycles. The molecule has 0 radical (unpaired) electrons. The fraction of sp³-hybridized carbons (Fsp3) is 0.105. The van der Waals surface area contributed by atoms with Crippen molar-refractivity contribution in [3.63, 3.8) is 0 Å². The van der Waals surface area contributed by atoms with Crippen molar-refractivity contribution in [2.45, 2.75) is 12.7 Å². The molecule has 25 heavy (non-hydrogen) atoms. The Hall–Kier alpha value is -2.92. The number of phenolic OH excluding ortho intramolecular Hbond substituents is 1. The lowest BCUT2D eigenvalue weighted by Crippen LogP contribution is -2.42. The highest BCUT2D eigenvalue weighted by Gasteiger charge is 2.34. The van der Waals surface area contributed by atoms with Gasteiger partial charge >= 0.3 is 0 Å². The first-order chi connectivity index (χ1) is 12.1. The van der Waals surface area contributed by atoms with Crippen LogP contribution in [0.1, 0.15) is 27.8 Å². The summed E-state index contributed by atoms with van der Waals surface area (Å²) in [6.07, 6.45) is 1.00. The van der Waals surface area contributed by atoms with E-state index in [9.17, 15) is 9.90 Å². The van der Waals surface area contributed by atoms with Gasteiger partial charge in [0.15, 0.2) is 0 Å². The molecule has 0 fully saturated rings. The number of hydrogen-bond acceptors (Lipinski definition) is 4. The largest absolute Gasteiger partial charge is 0.508 e. The van der Waals surface area contributed by atoms with E-state index in [0.717, 1.165) is 0 Å². The highest BCUT2D eigenvalue weighted by atomic mass is 35.5. The molecule has 126 valence electrons. The van der Waals surface area contributed by atoms with Crippen molar-refractivity contribution in [3.8, 4) is 5.75 Å². The standard InChI is InChI=1S/C19H15ClN2O3/c20-12-7-8-17(23)15(10-12)18-21-16-6-2-1-5-14(16)19(24)22(18)11-13-4-3-9-25-13/h1-10,18,21,23H,11H2. The van der Waals surface area contributed by atoms with E-state index in [0.29, 0.717) is 27.6 Å². The molecule has 1 amide bonds. The van der Waals surface area contributed by atoms with Crippen LogP contribution in [-0.2, 0) is 6.54 Å². The van der Waals surface area contributed by atoms with Gasteiger partial charge in [0, 0.05) is 16.3 Å². The van der Waals surface area contributed by atoms with Gasteiger partial charge in [-0.05, 0) is 42.5 Å². The number of hydrogen-bond donors (Lipinski definition) is 2. The van der Waals surface area contributed by atoms with Crippen LogP contribution in [0.4, 0.5) is 5.69 Å². The summed E-state index contributed by atoms with van der Waals surface area (Å²) in [5.41, 5.74) is 1.82. The maximum Gasteiger partial charge on any atom is 0.258 e. The average molecular weight is 355 g/mol. The Morgan fingerprint density at radius 3 is 2.80 bits per heavy atom. The lowest BCUT2D eigenvalue weighted by atomic mass is 10.0. The van der Waals surface area contributed by atoms with E-state index in [4.69, 9.17) is 16.0 Å². The van der Waals surface area contributed by atoms with Gasteiger partial charge in [-0.25, -0.2) is 0 Å². The number of amides is 1. The van der Waals surface area contributed by atoms with Crippen LogP contribution < -0.4 is 5.32 Å². The van der Waals surface area contributed by atoms with Crippen LogP contribution in [0, 0.1) is 0 Å². The van der Waals surface area contributed by atoms with E-state index in [2.05, 4.69) is 5.32 Å². The summed E-state index contributed by atoms with van der Waals surface area (Å²) < 4.78 is 5.40. The Labute approximate surface area is 149 Å². The molecule has 6 heteroatoms. The number of carbonyl (C=O) groups is 1. The SMILES string of the molecule is O=C1c2ccccc2NC(c2cc(Cl)ccc2O)N1Cc1ccco1. The van der Waals surface area contributed by atoms with Crippen LogP contribution >= 0.6 is 11.6 Å². The maximum atomic E-state index is 13.1. The van der Waals surface area contributed by atoms with Gasteiger partial charge < -0.3 is 19.7 Å². The van der Waals surface area contributed by atoms with E-state index >= 15 is 0 Å². The number of halogens is 1. The Morgan fingerprint density at radius 2 is 2.00 bits per heavy atom. The van der Waals surface area contributed by atoms with Crippen molar-refractivity contribution >= 4 is 23.2 Å². The first-order valence-corrected chi connectivity index (χ1v) is 8.18. The minimum atomic E-state index is -0.564. The molecule has 5 nitrogen and oxygen atoms in total. The third-order valence-electron chi connectivity index (χ3n) is 4.21. The number of benzene rings is 2. The van der Waals surface area contributed by atoms with Gasteiger partial charge in [0.25, 0.3) is 5.91 Å². The molecule has 2 N–H and O–H groups in total. The zero-order valence-corrected chi connectivity index (χ0v) is 13.9. The molecular weight excluding hydrogens is 340 g/mol. The van der Waals surface area contributed by atoms with Gasteiger partial charge in [-0.3, -0.25) is 4.79 Å². The summed E-state index contributed by atoms with van der Waals surface area (Å²) in [7, 11) is 0. The van der Waals surface area contributed by atoms with Crippen molar-refractivity contribution in [2.24, 2.45) is 0 Å². The normalized spacial score (nSPS) is 16.4. The van der Waals surface area contributed by atoms with Crippen molar-refractivity contribution in [3.05, 3.63) is 82.8 Å². The van der Waals surface area contributed by atoms with Gasteiger partial charge in [-0.15, -0.1) is 0 Å². The van der Waals surface area contributed by atoms with E-state index in [-0.39, 0.29) is 18.2 Å². The average Bonchev–Trinajstić information content (AvgIpc) is 3.13. The summed E-state index contributed by atoms with van der Waals surface area (Å²) in [6, 6.07) is 15.7. The Bertz CT molecular complexity index is 924. The Balaban J connectivity index is 1.81. The lowest BCUT2D eigenvalue weighted by molar-refractivity contribution is 0.0649. The molecule has 2 aromatic carbocycles. The first-order valence-electron chi connectivity index (χ1n) is 7.81. The number of nitrogens with zero attached hydrogens (tertiary/aromatic N) is 1. The fourth-order valence-corrected chi connectivity index (χ4v) is 3.20. The molecular formula is C19H15ClN2O3. The number of rotatable bonds is 3. The van der Waals surface area contributed by atoms with Crippen molar-refractivity contribution < 1.29 is 14.3 Å². The van der Waals surface area contributed by atoms with Crippen molar-refractivity contribution in [2.75, 3.05) is 5.32 Å². The molecule has 1 aromatic heterocycles. The maximum absolute atomic E-state index is 13.1. The summed E-state index contributed by atoms with van der Waals surface area (Å²) in [4.78, 5) is 14.7. The summed E-state index contributed by atoms with van der Waals surface area (Å²) in [6.45, 7) is 0.268. The Morgan fingerprint density at radius 1 is 1.16 bits per heavy atom. The van der Waals surface area contributed by atoms with E-state index < -0.39 is 6.17 Å². The highest BCUT2D eigenvalue weighted by molar-refractivity contribution is 6.30. The predicted molar refractivity (Wildman–Crippen MR) is 94.5 cm³/mol. The molecule has 1 atom stereocenters. The van der Waals surface area contributed by atoms with Gasteiger partial charge in [0.05, 0.1) is 18.4 Å². The molecule has 1 aliphatic rings. The topological polar surface area (TPSA) is 65.7 Å². The summed E-state index contributed by atoms with van der Waals surface area (Å²) in [5.74, 6) is 0.578. The van der Waals surface area contributed by atoms with Crippen LogP contribution in [0.15, 0.2) is 65.3 Å². The number of fused-ring (bicyclic) bond motifs is 1. The zero-order chi connectivity index (χ0) is 17.4. The predicted octanol–water partition coefficient (Wildman–Crippen LogP) is 4.41. The monoisotopic (exact) mass is 354 g/mol. The van der Waals surface area contributed by atoms with Crippen LogP contribution in [0.25, 0.3) is 0 Å². The second-order valence-electron chi connectivity index (χ2n) is 5.81. The molecule has 0 spiro atoms. The molecule has 3 aromatic rings. The van der Waals surface area contributed by atoms with Gasteiger partial charge in [-0.1, -0.05) is 23.7 Å². The molecule has 0 aliphatic carbocycles. The highest BCUT2D eigenvalue weighted by Crippen LogP contribution is 2.38. The molecule has 1 unspecified atom stereocenters. The quantitative estimate of drug-likeness (QED) is 0.731. The lowest BCUT2D eigenvalue weighted by Gasteiger charge is -2.38. The van der Waals surface area contributed by atoms with Gasteiger partial charge in [-0.2, -0.15) is 0 Å². The summed E-state index contributed by atoms with van der Waals surface area (Å²) >= 11 is 6.10. The zero-order valence-electron chi connectivity index (χ0n) is 13.1. The molecule has 0 bridgehead atoms. The third kappa shape index (κ3) is 2.83. The number of anilines is 1. The number of phenols is 1. The molecule has 0 saturated heterocycles. The third-order valence-corrected chi connectivity index (χ3v) is 4.45. The number of carbonyl (C=O) groups excluding carboxylic acids is 1. The van der Waals surface area contributed by atoms with Crippen LogP contribution in [0.3, 0.4) is 0 Å². The van der Waals surface area contributed by atoms with Crippen LogP contribution in [0.2, 0.25) is 5.02 Å². The minimum absolute atomic E-state index is 0.0681. The molecule has 0 saturated carbocycles. The van der Waals surface area contributed by atoms with Crippen molar-refractivity contribution in [1.82, 2.24) is 4.90 Å². The Kier molecular flexibility index (Phi) is 3.86. The van der Waals surface area contributed by atoms with Gasteiger partial charge in [0.1, 0.15) is 17.7 Å². The number of nitrogens with one attached hydrogen (secondary N) is 1. The van der Waals surface area contributed by atoms with Crippen molar-refractivity contribution in [1.29, 1.82) is 0 Å². The molecule has 1 aliphatic heterocycles. The fourth-order valence-electron chi connectivity index (χ4n) is 3.02. The molecule has 4 rings (SSSR count). The number of furan rings is 1. The first kappa shape index (κ1) is 15.6. The second kappa shape index (κ2) is 6.18. The van der Waals surface area contributed by atoms with Gasteiger partial charge in [0.2, 0.25) is 0 Å². The smallest absolute Gasteiger partial charge is 0.258 e. The minimum Gasteiger partial charge on any atom is -0.508 e. The van der Waals surface area contributed by atoms with E-state index in [1.807, 2.05) is 24.3 Å². The summed E-state index contributed by atoms with van der Waals surface area (Å²) in [5, 5.41) is 14.1. The number of aromatic hydroxyl groups is 1. The van der Waals surface area contributed by atoms with Crippen LogP contribution in [0.5, 0.6) is 5.75 Å². The van der Waals surface area contributed by atoms with Crippen LogP contribution in [-0.4, -0.2) is 15.9 Å². The number of para-hydroxylation sites is 1.